The van der Waals surface area contributed by atoms with Gasteiger partial charge in [-0.3, -0.25) is 4.79 Å². The van der Waals surface area contributed by atoms with E-state index < -0.39 is 12.3 Å². The summed E-state index contributed by atoms with van der Waals surface area (Å²) in [6, 6.07) is 0. The normalized spacial score (nSPS) is 26.7. The molecule has 3 unspecified atom stereocenters. The van der Waals surface area contributed by atoms with Crippen LogP contribution in [-0.4, -0.2) is 39.9 Å². The van der Waals surface area contributed by atoms with E-state index in [-0.39, 0.29) is 11.8 Å². The van der Waals surface area contributed by atoms with E-state index in [1.807, 2.05) is 6.92 Å². The zero-order valence-electron chi connectivity index (χ0n) is 8.81. The summed E-state index contributed by atoms with van der Waals surface area (Å²) in [6.07, 6.45) is 0.831. The molecule has 0 radical (unpaired) electrons. The smallest absolute Gasteiger partial charge is 0.230 e. The molecule has 0 spiro atoms. The Hall–Kier alpha value is -0.610. The van der Waals surface area contributed by atoms with E-state index in [1.165, 1.54) is 4.90 Å². The number of carbonyl (C=O) groups excluding carboxylic acids is 1. The quantitative estimate of drug-likeness (QED) is 0.689. The predicted molar refractivity (Wildman–Crippen MR) is 52.4 cm³/mol. The monoisotopic (exact) mass is 201 g/mol. The molecule has 3 atom stereocenters. The summed E-state index contributed by atoms with van der Waals surface area (Å²) in [7, 11) is 0. The summed E-state index contributed by atoms with van der Waals surface area (Å²) >= 11 is 0. The second-order valence-corrected chi connectivity index (χ2v) is 3.94. The van der Waals surface area contributed by atoms with E-state index in [0.29, 0.717) is 19.4 Å². The van der Waals surface area contributed by atoms with Crippen LogP contribution < -0.4 is 0 Å². The van der Waals surface area contributed by atoms with Crippen LogP contribution in [0.4, 0.5) is 0 Å². The van der Waals surface area contributed by atoms with Gasteiger partial charge in [-0.25, -0.2) is 0 Å². The minimum Gasteiger partial charge on any atom is -0.393 e. The van der Waals surface area contributed by atoms with E-state index >= 15 is 0 Å². The number of rotatable bonds is 4. The molecule has 1 heterocycles. The van der Waals surface area contributed by atoms with Gasteiger partial charge in [0.05, 0.1) is 12.0 Å². The molecule has 1 saturated heterocycles. The van der Waals surface area contributed by atoms with Crippen LogP contribution in [0.1, 0.15) is 33.1 Å². The first kappa shape index (κ1) is 11.5. The lowest BCUT2D eigenvalue weighted by molar-refractivity contribution is -0.142. The maximum atomic E-state index is 11.7. The van der Waals surface area contributed by atoms with Crippen molar-refractivity contribution in [2.24, 2.45) is 5.92 Å². The molecule has 1 aliphatic heterocycles. The lowest BCUT2D eigenvalue weighted by Crippen LogP contribution is -2.39. The third-order valence-electron chi connectivity index (χ3n) is 2.77. The molecule has 1 fully saturated rings. The third kappa shape index (κ3) is 2.25. The van der Waals surface area contributed by atoms with Crippen LogP contribution in [0, 0.1) is 5.92 Å². The molecular formula is C10H19NO3. The van der Waals surface area contributed by atoms with Crippen LogP contribution in [-0.2, 0) is 4.79 Å². The Kier molecular flexibility index (Phi) is 3.89. The molecule has 2 N–H and O–H groups in total. The fraction of sp³-hybridized carbons (Fsp3) is 0.900. The number of hydrogen-bond acceptors (Lipinski definition) is 3. The van der Waals surface area contributed by atoms with Gasteiger partial charge in [-0.05, 0) is 19.8 Å². The molecule has 4 nitrogen and oxygen atoms in total. The summed E-state index contributed by atoms with van der Waals surface area (Å²) in [6.45, 7) is 4.16. The van der Waals surface area contributed by atoms with E-state index in [1.54, 1.807) is 6.92 Å². The van der Waals surface area contributed by atoms with Crippen molar-refractivity contribution in [3.8, 4) is 0 Å². The average Bonchev–Trinajstić information content (AvgIpc) is 2.47. The second-order valence-electron chi connectivity index (χ2n) is 3.94. The van der Waals surface area contributed by atoms with Crippen molar-refractivity contribution in [2.45, 2.75) is 45.4 Å². The van der Waals surface area contributed by atoms with E-state index in [4.69, 9.17) is 0 Å². The van der Waals surface area contributed by atoms with Gasteiger partial charge >= 0.3 is 0 Å². The van der Waals surface area contributed by atoms with Crippen molar-refractivity contribution in [1.29, 1.82) is 0 Å². The fourth-order valence-electron chi connectivity index (χ4n) is 1.88. The number of carbonyl (C=O) groups is 1. The molecule has 0 aliphatic carbocycles. The molecule has 0 aromatic heterocycles. The molecule has 0 aromatic rings. The molecule has 14 heavy (non-hydrogen) atoms. The molecule has 4 heteroatoms. The van der Waals surface area contributed by atoms with E-state index in [9.17, 15) is 15.0 Å². The Balaban J connectivity index is 2.55. The van der Waals surface area contributed by atoms with Crippen LogP contribution in [0.5, 0.6) is 0 Å². The average molecular weight is 201 g/mol. The van der Waals surface area contributed by atoms with Gasteiger partial charge < -0.3 is 15.1 Å². The zero-order valence-corrected chi connectivity index (χ0v) is 8.81. The largest absolute Gasteiger partial charge is 0.393 e. The van der Waals surface area contributed by atoms with Crippen molar-refractivity contribution < 1.29 is 15.0 Å². The number of likely N-dealkylation sites (tertiary alicyclic amines) is 1. The minimum absolute atomic E-state index is 0.110. The van der Waals surface area contributed by atoms with Gasteiger partial charge in [-0.2, -0.15) is 0 Å². The van der Waals surface area contributed by atoms with Crippen LogP contribution in [0.15, 0.2) is 0 Å². The highest BCUT2D eigenvalue weighted by Crippen LogP contribution is 2.23. The summed E-state index contributed by atoms with van der Waals surface area (Å²) < 4.78 is 0. The first-order valence-corrected chi connectivity index (χ1v) is 5.24. The Bertz CT molecular complexity index is 206. The van der Waals surface area contributed by atoms with Crippen molar-refractivity contribution in [3.05, 3.63) is 0 Å². The Morgan fingerprint density at radius 1 is 1.57 bits per heavy atom. The lowest BCUT2D eigenvalue weighted by atomic mass is 10.0. The van der Waals surface area contributed by atoms with Gasteiger partial charge in [0.2, 0.25) is 5.91 Å². The SMILES string of the molecule is CCCC(O)N1CCC(C(C)O)C1=O. The highest BCUT2D eigenvalue weighted by molar-refractivity contribution is 5.81. The zero-order chi connectivity index (χ0) is 10.7. The summed E-state index contributed by atoms with van der Waals surface area (Å²) in [5.74, 6) is -0.428. The van der Waals surface area contributed by atoms with Crippen LogP contribution in [0.3, 0.4) is 0 Å². The minimum atomic E-state index is -0.670. The van der Waals surface area contributed by atoms with Crippen LogP contribution in [0.2, 0.25) is 0 Å². The summed E-state index contributed by atoms with van der Waals surface area (Å²) in [5.41, 5.74) is 0. The lowest BCUT2D eigenvalue weighted by Gasteiger charge is -2.23. The molecule has 1 aliphatic rings. The first-order chi connectivity index (χ1) is 6.57. The molecular weight excluding hydrogens is 182 g/mol. The van der Waals surface area contributed by atoms with Crippen LogP contribution >= 0.6 is 0 Å². The van der Waals surface area contributed by atoms with Gasteiger partial charge in [-0.15, -0.1) is 0 Å². The molecule has 0 aromatic carbocycles. The summed E-state index contributed by atoms with van der Waals surface area (Å²) in [5, 5.41) is 19.0. The van der Waals surface area contributed by atoms with Crippen molar-refractivity contribution in [3.63, 3.8) is 0 Å². The van der Waals surface area contributed by atoms with Gasteiger partial charge in [0, 0.05) is 6.54 Å². The Morgan fingerprint density at radius 2 is 2.21 bits per heavy atom. The third-order valence-corrected chi connectivity index (χ3v) is 2.77. The summed E-state index contributed by atoms with van der Waals surface area (Å²) in [4.78, 5) is 13.1. The number of aliphatic hydroxyl groups excluding tert-OH is 2. The van der Waals surface area contributed by atoms with E-state index in [2.05, 4.69) is 0 Å². The molecule has 1 rings (SSSR count). The second kappa shape index (κ2) is 4.75. The van der Waals surface area contributed by atoms with Crippen LogP contribution in [0.25, 0.3) is 0 Å². The highest BCUT2D eigenvalue weighted by atomic mass is 16.3. The molecule has 0 bridgehead atoms. The topological polar surface area (TPSA) is 60.8 Å². The number of aliphatic hydroxyl groups is 2. The number of nitrogens with zero attached hydrogens (tertiary/aromatic N) is 1. The van der Waals surface area contributed by atoms with E-state index in [0.717, 1.165) is 6.42 Å². The van der Waals surface area contributed by atoms with Crippen molar-refractivity contribution >= 4 is 5.91 Å². The van der Waals surface area contributed by atoms with Crippen molar-refractivity contribution in [1.82, 2.24) is 4.90 Å². The van der Waals surface area contributed by atoms with Crippen molar-refractivity contribution in [2.75, 3.05) is 6.54 Å². The Morgan fingerprint density at radius 3 is 2.64 bits per heavy atom. The molecule has 82 valence electrons. The standard InChI is InChI=1S/C10H19NO3/c1-3-4-9(13)11-6-5-8(7(2)12)10(11)14/h7-9,12-13H,3-6H2,1-2H3. The van der Waals surface area contributed by atoms with Gasteiger partial charge in [-0.1, -0.05) is 13.3 Å². The fourth-order valence-corrected chi connectivity index (χ4v) is 1.88. The molecule has 1 amide bonds. The first-order valence-electron chi connectivity index (χ1n) is 5.24. The maximum absolute atomic E-state index is 11.7. The number of hydrogen-bond donors (Lipinski definition) is 2. The Labute approximate surface area is 84.5 Å². The predicted octanol–water partition coefficient (Wildman–Crippen LogP) is 0.334. The maximum Gasteiger partial charge on any atom is 0.230 e. The number of amides is 1. The van der Waals surface area contributed by atoms with Gasteiger partial charge in [0.15, 0.2) is 0 Å². The molecule has 0 saturated carbocycles. The highest BCUT2D eigenvalue weighted by Gasteiger charge is 2.37. The van der Waals surface area contributed by atoms with Gasteiger partial charge in [0.25, 0.3) is 0 Å². The van der Waals surface area contributed by atoms with Gasteiger partial charge in [0.1, 0.15) is 6.23 Å².